The first-order valence-electron chi connectivity index (χ1n) is 9.74. The van der Waals surface area contributed by atoms with Gasteiger partial charge in [-0.1, -0.05) is 18.2 Å². The van der Waals surface area contributed by atoms with Gasteiger partial charge in [-0.2, -0.15) is 0 Å². The minimum atomic E-state index is -1.07. The van der Waals surface area contributed by atoms with E-state index in [2.05, 4.69) is 0 Å². The number of benzene rings is 2. The van der Waals surface area contributed by atoms with Crippen LogP contribution in [0.25, 0.3) is 5.76 Å². The topological polar surface area (TPSA) is 143 Å². The molecule has 2 aromatic carbocycles. The number of nitrogens with zero attached hydrogens (tertiary/aromatic N) is 2. The lowest BCUT2D eigenvalue weighted by molar-refractivity contribution is -0.384. The summed E-state index contributed by atoms with van der Waals surface area (Å²) in [5.41, 5.74) is -0.148. The van der Waals surface area contributed by atoms with Gasteiger partial charge in [0.2, 0.25) is 0 Å². The number of amides is 1. The Bertz CT molecular complexity index is 1280. The van der Waals surface area contributed by atoms with Crippen molar-refractivity contribution in [3.05, 3.63) is 93.4 Å². The van der Waals surface area contributed by atoms with E-state index in [4.69, 9.17) is 9.15 Å². The van der Waals surface area contributed by atoms with Crippen molar-refractivity contribution in [3.8, 4) is 11.5 Å². The minimum Gasteiger partial charge on any atom is -0.507 e. The zero-order chi connectivity index (χ0) is 23.7. The van der Waals surface area contributed by atoms with Crippen molar-refractivity contribution in [2.45, 2.75) is 12.6 Å². The number of nitro groups is 1. The van der Waals surface area contributed by atoms with Crippen LogP contribution in [0.1, 0.15) is 22.9 Å². The van der Waals surface area contributed by atoms with Gasteiger partial charge in [-0.3, -0.25) is 19.7 Å². The van der Waals surface area contributed by atoms with Gasteiger partial charge in [0.05, 0.1) is 36.5 Å². The fourth-order valence-corrected chi connectivity index (χ4v) is 3.75. The van der Waals surface area contributed by atoms with Crippen molar-refractivity contribution in [3.63, 3.8) is 0 Å². The lowest BCUT2D eigenvalue weighted by atomic mass is 9.95. The summed E-state index contributed by atoms with van der Waals surface area (Å²) in [6, 6.07) is 11.6. The Hall–Kier alpha value is -4.60. The van der Waals surface area contributed by atoms with Gasteiger partial charge in [0.15, 0.2) is 11.5 Å². The molecule has 0 radical (unpaired) electrons. The summed E-state index contributed by atoms with van der Waals surface area (Å²) in [7, 11) is 1.35. The highest BCUT2D eigenvalue weighted by molar-refractivity contribution is 6.46. The van der Waals surface area contributed by atoms with E-state index in [1.165, 1.54) is 54.7 Å². The molecule has 1 fully saturated rings. The Balaban J connectivity index is 1.91. The lowest BCUT2D eigenvalue weighted by Gasteiger charge is -2.25. The Kier molecular flexibility index (Phi) is 5.57. The van der Waals surface area contributed by atoms with Gasteiger partial charge in [-0.05, 0) is 29.8 Å². The number of ether oxygens (including phenoxy) is 1. The number of phenolic OH excluding ortho intramolecular Hbond substituents is 1. The van der Waals surface area contributed by atoms with Crippen LogP contribution in [0.4, 0.5) is 5.69 Å². The smallest absolute Gasteiger partial charge is 0.296 e. The third kappa shape index (κ3) is 3.89. The quantitative estimate of drug-likeness (QED) is 0.191. The Morgan fingerprint density at radius 1 is 1.18 bits per heavy atom. The normalized spacial score (nSPS) is 17.4. The van der Waals surface area contributed by atoms with Crippen LogP contribution >= 0.6 is 0 Å². The number of ketones is 1. The summed E-state index contributed by atoms with van der Waals surface area (Å²) < 4.78 is 10.5. The first-order chi connectivity index (χ1) is 15.8. The molecule has 33 heavy (non-hydrogen) atoms. The van der Waals surface area contributed by atoms with Gasteiger partial charge < -0.3 is 24.3 Å². The van der Waals surface area contributed by atoms with Crippen LogP contribution < -0.4 is 4.74 Å². The highest BCUT2D eigenvalue weighted by Gasteiger charge is 2.46. The molecule has 1 amide bonds. The monoisotopic (exact) mass is 450 g/mol. The predicted octanol–water partition coefficient (Wildman–Crippen LogP) is 3.52. The number of methoxy groups -OCH3 is 1. The van der Waals surface area contributed by atoms with Gasteiger partial charge in [0.1, 0.15) is 11.5 Å². The van der Waals surface area contributed by atoms with E-state index < -0.39 is 28.4 Å². The number of hydrogen-bond acceptors (Lipinski definition) is 8. The molecular formula is C23H18N2O8. The molecule has 0 aliphatic carbocycles. The van der Waals surface area contributed by atoms with E-state index in [1.54, 1.807) is 12.1 Å². The standard InChI is InChI=1S/C23H18N2O8/c1-32-18-11-13(7-8-17(18)26)20-19(21(27)14-4-2-5-15(10-14)25(30)31)22(28)23(29)24(20)12-16-6-3-9-33-16/h2-11,20,26-27H,12H2,1H3/t20-/m1/s1. The lowest BCUT2D eigenvalue weighted by Crippen LogP contribution is -2.29. The number of non-ortho nitro benzene ring substituents is 1. The van der Waals surface area contributed by atoms with E-state index in [0.29, 0.717) is 11.3 Å². The number of hydrogen-bond donors (Lipinski definition) is 2. The maximum atomic E-state index is 13.0. The van der Waals surface area contributed by atoms with E-state index >= 15 is 0 Å². The molecule has 2 N–H and O–H groups in total. The third-order valence-corrected chi connectivity index (χ3v) is 5.30. The maximum absolute atomic E-state index is 13.0. The van der Waals surface area contributed by atoms with Gasteiger partial charge in [-0.15, -0.1) is 0 Å². The number of carbonyl (C=O) groups excluding carboxylic acids is 2. The van der Waals surface area contributed by atoms with Crippen LogP contribution in [-0.2, 0) is 16.1 Å². The van der Waals surface area contributed by atoms with E-state index in [0.717, 1.165) is 6.07 Å². The van der Waals surface area contributed by atoms with Crippen molar-refractivity contribution in [2.75, 3.05) is 7.11 Å². The molecule has 1 aromatic heterocycles. The molecule has 0 bridgehead atoms. The van der Waals surface area contributed by atoms with E-state index in [1.807, 2.05) is 0 Å². The van der Waals surface area contributed by atoms with Gasteiger partial charge in [-0.25, -0.2) is 0 Å². The van der Waals surface area contributed by atoms with Crippen molar-refractivity contribution >= 4 is 23.1 Å². The summed E-state index contributed by atoms with van der Waals surface area (Å²) in [6.07, 6.45) is 1.42. The number of nitro benzene ring substituents is 1. The van der Waals surface area contributed by atoms with E-state index in [9.17, 15) is 29.9 Å². The number of phenols is 1. The van der Waals surface area contributed by atoms with Crippen molar-refractivity contribution in [1.29, 1.82) is 0 Å². The largest absolute Gasteiger partial charge is 0.507 e. The first-order valence-corrected chi connectivity index (χ1v) is 9.74. The van der Waals surface area contributed by atoms with Crippen LogP contribution in [0, 0.1) is 10.1 Å². The van der Waals surface area contributed by atoms with E-state index in [-0.39, 0.29) is 34.9 Å². The highest BCUT2D eigenvalue weighted by Crippen LogP contribution is 2.42. The van der Waals surface area contributed by atoms with Crippen molar-refractivity contribution < 1.29 is 33.9 Å². The molecule has 0 spiro atoms. The summed E-state index contributed by atoms with van der Waals surface area (Å²) in [5.74, 6) is -2.04. The Labute approximate surface area is 187 Å². The molecular weight excluding hydrogens is 432 g/mol. The molecule has 10 nitrogen and oxygen atoms in total. The second-order valence-electron chi connectivity index (χ2n) is 7.25. The minimum absolute atomic E-state index is 0.0101. The zero-order valence-electron chi connectivity index (χ0n) is 17.3. The van der Waals surface area contributed by atoms with Gasteiger partial charge in [0, 0.05) is 17.7 Å². The number of likely N-dealkylation sites (tertiary alicyclic amines) is 1. The van der Waals surface area contributed by atoms with Crippen LogP contribution in [-0.4, -0.2) is 38.8 Å². The van der Waals surface area contributed by atoms with Crippen LogP contribution in [0.15, 0.2) is 70.9 Å². The zero-order valence-corrected chi connectivity index (χ0v) is 17.3. The number of aliphatic hydroxyl groups is 1. The fourth-order valence-electron chi connectivity index (χ4n) is 3.75. The van der Waals surface area contributed by atoms with Gasteiger partial charge in [0.25, 0.3) is 17.4 Å². The van der Waals surface area contributed by atoms with Crippen LogP contribution in [0.3, 0.4) is 0 Å². The molecule has 3 aromatic rings. The molecule has 10 heteroatoms. The van der Waals surface area contributed by atoms with Crippen molar-refractivity contribution in [2.24, 2.45) is 0 Å². The van der Waals surface area contributed by atoms with Gasteiger partial charge >= 0.3 is 0 Å². The average molecular weight is 450 g/mol. The molecule has 1 saturated heterocycles. The molecule has 0 unspecified atom stereocenters. The van der Waals surface area contributed by atoms with Crippen molar-refractivity contribution in [1.82, 2.24) is 4.90 Å². The molecule has 2 heterocycles. The average Bonchev–Trinajstić information content (AvgIpc) is 3.41. The third-order valence-electron chi connectivity index (χ3n) is 5.30. The fraction of sp³-hybridized carbons (Fsp3) is 0.130. The predicted molar refractivity (Wildman–Crippen MR) is 114 cm³/mol. The number of furan rings is 1. The molecule has 1 atom stereocenters. The second kappa shape index (κ2) is 8.50. The van der Waals surface area contributed by atoms with Crippen LogP contribution in [0.2, 0.25) is 0 Å². The number of rotatable bonds is 6. The summed E-state index contributed by atoms with van der Waals surface area (Å²) >= 11 is 0. The SMILES string of the molecule is COc1cc([C@@H]2C(=C(O)c3cccc([N+](=O)[O-])c3)C(=O)C(=O)N2Cc2ccco2)ccc1O. The maximum Gasteiger partial charge on any atom is 0.296 e. The Morgan fingerprint density at radius 3 is 2.64 bits per heavy atom. The molecule has 4 rings (SSSR count). The number of aromatic hydroxyl groups is 1. The second-order valence-corrected chi connectivity index (χ2v) is 7.25. The summed E-state index contributed by atoms with van der Waals surface area (Å²) in [4.78, 5) is 37.7. The number of carbonyl (C=O) groups is 2. The first kappa shape index (κ1) is 21.6. The molecule has 168 valence electrons. The number of Topliss-reactive ketones (excluding diaryl/α,β-unsaturated/α-hetero) is 1. The van der Waals surface area contributed by atoms with Crippen LogP contribution in [0.5, 0.6) is 11.5 Å². The highest BCUT2D eigenvalue weighted by atomic mass is 16.6. The summed E-state index contributed by atoms with van der Waals surface area (Å²) in [6.45, 7) is -0.0723. The molecule has 1 aliphatic rings. The Morgan fingerprint density at radius 2 is 1.97 bits per heavy atom. The molecule has 0 saturated carbocycles. The summed E-state index contributed by atoms with van der Waals surface area (Å²) in [5, 5.41) is 32.2. The molecule has 1 aliphatic heterocycles. The number of aliphatic hydroxyl groups excluding tert-OH is 1.